The smallest absolute Gasteiger partial charge is 0.257 e. The van der Waals surface area contributed by atoms with Gasteiger partial charge in [0.1, 0.15) is 40.5 Å². The molecule has 0 bridgehead atoms. The van der Waals surface area contributed by atoms with E-state index in [2.05, 4.69) is 69.3 Å². The molecule has 9 heterocycles. The molecule has 3 amide bonds. The third kappa shape index (κ3) is 15.6. The number of amides is 3. The molecule has 6 aromatic carbocycles. The highest BCUT2D eigenvalue weighted by Gasteiger charge is 2.59. The zero-order valence-electron chi connectivity index (χ0n) is 58.5. The van der Waals surface area contributed by atoms with E-state index in [1.54, 1.807) is 84.9 Å². The monoisotopic (exact) mass is 1650 g/mol. The summed E-state index contributed by atoms with van der Waals surface area (Å²) in [6, 6.07) is 28.7. The number of hydrogen-bond donors (Lipinski definition) is 2. The first-order valence-corrected chi connectivity index (χ1v) is 37.7. The van der Waals surface area contributed by atoms with Gasteiger partial charge < -0.3 is 34.1 Å². The molecule has 30 heteroatoms. The lowest BCUT2D eigenvalue weighted by molar-refractivity contribution is -0.149. The molecule has 0 spiro atoms. The molecule has 9 aromatic rings. The maximum atomic E-state index is 16.8. The Balaban J connectivity index is 0.000000146. The number of piperazine rings is 1. The number of aromatic nitrogens is 6. The van der Waals surface area contributed by atoms with Crippen molar-refractivity contribution in [3.05, 3.63) is 284 Å². The predicted molar refractivity (Wildman–Crippen MR) is 405 cm³/mol. The molecular weight excluding hydrogens is 1580 g/mol. The number of nitrogens with zero attached hydrogens (tertiary/aromatic N) is 11. The first-order valence-electron chi connectivity index (χ1n) is 34.6. The summed E-state index contributed by atoms with van der Waals surface area (Å²) >= 11 is 39.4. The van der Waals surface area contributed by atoms with Crippen molar-refractivity contribution in [3.8, 4) is 0 Å². The van der Waals surface area contributed by atoms with Crippen molar-refractivity contribution < 1.29 is 56.7 Å². The third-order valence-corrected chi connectivity index (χ3v) is 21.8. The van der Waals surface area contributed by atoms with Crippen molar-refractivity contribution in [2.75, 3.05) is 66.2 Å². The average Bonchev–Trinajstić information content (AvgIpc) is 1.55. The normalized spacial score (nSPS) is 21.7. The molecular formula is C78H71BrCl6F3N11O9. The molecule has 3 unspecified atom stereocenters. The number of carbonyl (C=O) groups excluding carboxylic acids is 3. The SMILES string of the molecule is C=C(CC)c1cc(F)c2c(c1)C(=O)N(Cc1ncc(Cl)cn1)[C@@]2(O[C@H]1CCOC1)c1ccc(Cl)cc1.CCC(O)(CN1CCN(C)CC1)c1cc(F)c2c(c1)C(=O)N(Cc1ncc(Cl)cn1)[C@@]2(OC1CCOC1)c1ccc(Cl)cc1.O=C1c2cc(Br)cc(F)c2C(O)(c2ccc(Cl)cc2)N1Cc1ncc(Cl)cn1. The minimum absolute atomic E-state index is 0.0373. The second kappa shape index (κ2) is 32.8. The van der Waals surface area contributed by atoms with Crippen LogP contribution in [-0.2, 0) is 61.4 Å². The number of β-amino-alcohol motifs (C(OH)–C–C–N with tert-alkyl or cyclic N) is 1. The van der Waals surface area contributed by atoms with Crippen LogP contribution in [0.4, 0.5) is 13.2 Å². The van der Waals surface area contributed by atoms with Gasteiger partial charge in [-0.15, -0.1) is 0 Å². The number of benzene rings is 6. The molecule has 3 saturated heterocycles. The van der Waals surface area contributed by atoms with Crippen LogP contribution in [-0.4, -0.2) is 161 Å². The lowest BCUT2D eigenvalue weighted by Crippen LogP contribution is -2.50. The molecule has 6 atom stereocenters. The van der Waals surface area contributed by atoms with Crippen molar-refractivity contribution in [3.63, 3.8) is 0 Å². The van der Waals surface area contributed by atoms with E-state index in [9.17, 15) is 29.0 Å². The van der Waals surface area contributed by atoms with Crippen LogP contribution < -0.4 is 0 Å². The molecule has 6 aliphatic heterocycles. The summed E-state index contributed by atoms with van der Waals surface area (Å²) < 4.78 is 72.9. The quantitative estimate of drug-likeness (QED) is 0.0768. The van der Waals surface area contributed by atoms with Crippen LogP contribution in [0, 0.1) is 17.5 Å². The zero-order valence-corrected chi connectivity index (χ0v) is 64.6. The fraction of sp³-hybridized carbons (Fsp3) is 0.321. The molecule has 0 aliphatic carbocycles. The number of hydrogen-bond acceptors (Lipinski definition) is 17. The Morgan fingerprint density at radius 2 is 0.954 bits per heavy atom. The van der Waals surface area contributed by atoms with Gasteiger partial charge in [-0.25, -0.2) is 43.1 Å². The first-order chi connectivity index (χ1) is 51.8. The van der Waals surface area contributed by atoms with Gasteiger partial charge in [0.2, 0.25) is 11.4 Å². The van der Waals surface area contributed by atoms with E-state index in [1.165, 1.54) is 71.2 Å². The summed E-state index contributed by atoms with van der Waals surface area (Å²) in [5.41, 5.74) is -3.20. The van der Waals surface area contributed by atoms with Crippen molar-refractivity contribution in [1.82, 2.24) is 54.4 Å². The van der Waals surface area contributed by atoms with Crippen LogP contribution in [0.25, 0.3) is 5.57 Å². The Morgan fingerprint density at radius 3 is 1.38 bits per heavy atom. The summed E-state index contributed by atoms with van der Waals surface area (Å²) in [5.74, 6) is -2.44. The van der Waals surface area contributed by atoms with Crippen LogP contribution in [0.15, 0.2) is 157 Å². The van der Waals surface area contributed by atoms with Crippen LogP contribution in [0.5, 0.6) is 0 Å². The minimum atomic E-state index is -2.05. The number of likely N-dealkylation sites (N-methyl/N-ethyl adjacent to an activating group) is 1. The van der Waals surface area contributed by atoms with Gasteiger partial charge in [0.15, 0.2) is 5.72 Å². The summed E-state index contributed by atoms with van der Waals surface area (Å²) in [7, 11) is 2.07. The second-order valence-electron chi connectivity index (χ2n) is 26.8. The Kier molecular flexibility index (Phi) is 23.8. The van der Waals surface area contributed by atoms with E-state index in [1.807, 2.05) is 13.8 Å². The zero-order chi connectivity index (χ0) is 76.6. The molecule has 6 aliphatic rings. The molecule has 15 rings (SSSR count). The van der Waals surface area contributed by atoms with Gasteiger partial charge in [-0.2, -0.15) is 0 Å². The highest BCUT2D eigenvalue weighted by molar-refractivity contribution is 9.10. The largest absolute Gasteiger partial charge is 0.384 e. The van der Waals surface area contributed by atoms with E-state index in [0.29, 0.717) is 133 Å². The van der Waals surface area contributed by atoms with Gasteiger partial charge >= 0.3 is 0 Å². The number of ether oxygens (including phenoxy) is 4. The molecule has 3 fully saturated rings. The van der Waals surface area contributed by atoms with Gasteiger partial charge in [0.05, 0.1) is 93.5 Å². The van der Waals surface area contributed by atoms with Gasteiger partial charge in [-0.1, -0.05) is 142 Å². The van der Waals surface area contributed by atoms with Crippen molar-refractivity contribution in [2.45, 2.75) is 94.1 Å². The molecule has 2 N–H and O–H groups in total. The standard InChI is InChI=1S/C32H36Cl2FN5O4.C27H24Cl2FN3O3.C19H11BrCl2FN3O2/c1-3-31(42,20-39-11-9-38(2)10-12-39)22-14-26-29(27(35)15-22)32(44-25-8-13-43-19-25,21-4-6-23(33)7-5-21)40(30(26)41)18-28-36-16-24(34)17-37-28;1-3-16(2)17-10-22-25(23(30)11-17)27(36-21-8-9-35-15-21,18-4-6-19(28)7-5-18)33(26(22)34)14-24-31-12-20(29)13-32-24;20-11-5-14-17(15(23)6-11)19(28,10-1-3-12(21)4-2-10)26(18(14)27)9-16-24-7-13(22)8-25-16/h4-7,14-17,25,42H,3,8-13,18-20H2,1-2H3;4-7,10-13,21H,2-3,8-9,14-15H2,1H3;1-8,28H,9H2/t25?,31?,32-;21-,27+;/m10./s1. The van der Waals surface area contributed by atoms with E-state index < -0.39 is 64.1 Å². The van der Waals surface area contributed by atoms with Crippen molar-refractivity contribution in [1.29, 1.82) is 0 Å². The fourth-order valence-corrected chi connectivity index (χ4v) is 15.4. The molecule has 3 aromatic heterocycles. The molecule has 20 nitrogen and oxygen atoms in total. The number of aliphatic hydroxyl groups is 2. The summed E-state index contributed by atoms with van der Waals surface area (Å²) in [5, 5.41) is 26.1. The van der Waals surface area contributed by atoms with Gasteiger partial charge in [0, 0.05) is 119 Å². The van der Waals surface area contributed by atoms with Crippen LogP contribution in [0.3, 0.4) is 0 Å². The first kappa shape index (κ1) is 78.5. The summed E-state index contributed by atoms with van der Waals surface area (Å²) in [4.78, 5) is 75.5. The van der Waals surface area contributed by atoms with E-state index in [-0.39, 0.29) is 64.9 Å². The molecule has 0 saturated carbocycles. The maximum absolute atomic E-state index is 16.8. The van der Waals surface area contributed by atoms with Gasteiger partial charge in [0.25, 0.3) is 17.7 Å². The highest BCUT2D eigenvalue weighted by atomic mass is 79.9. The number of rotatable bonds is 19. The Hall–Kier alpha value is -7.60. The lowest BCUT2D eigenvalue weighted by Gasteiger charge is -2.41. The van der Waals surface area contributed by atoms with Crippen LogP contribution in [0.2, 0.25) is 30.1 Å². The fourth-order valence-electron chi connectivity index (χ4n) is 14.3. The Labute approximate surface area is 659 Å². The van der Waals surface area contributed by atoms with Crippen molar-refractivity contribution in [2.24, 2.45) is 0 Å². The topological polar surface area (TPSA) is 222 Å². The van der Waals surface area contributed by atoms with Gasteiger partial charge in [-0.05, 0) is 122 Å². The minimum Gasteiger partial charge on any atom is -0.384 e. The van der Waals surface area contributed by atoms with E-state index in [4.69, 9.17) is 88.6 Å². The summed E-state index contributed by atoms with van der Waals surface area (Å²) in [6.07, 6.45) is 9.94. The summed E-state index contributed by atoms with van der Waals surface area (Å²) in [6.45, 7) is 12.8. The molecule has 108 heavy (non-hydrogen) atoms. The number of fused-ring (bicyclic) bond motifs is 3. The molecule has 562 valence electrons. The third-order valence-electron chi connectivity index (χ3n) is 20.0. The van der Waals surface area contributed by atoms with Crippen molar-refractivity contribution >= 4 is 109 Å². The Morgan fingerprint density at radius 1 is 0.556 bits per heavy atom. The van der Waals surface area contributed by atoms with E-state index in [0.717, 1.165) is 36.7 Å². The van der Waals surface area contributed by atoms with Crippen LogP contribution in [0.1, 0.15) is 133 Å². The second-order valence-corrected chi connectivity index (χ2v) is 30.3. The number of carbonyl (C=O) groups is 3. The highest BCUT2D eigenvalue weighted by Crippen LogP contribution is 2.53. The number of halogens is 10. The van der Waals surface area contributed by atoms with Crippen LogP contribution >= 0.6 is 85.5 Å². The van der Waals surface area contributed by atoms with E-state index >= 15 is 8.78 Å². The number of allylic oxidation sites excluding steroid dienone is 1. The average molecular weight is 1660 g/mol. The predicted octanol–water partition coefficient (Wildman–Crippen LogP) is 15.0. The lowest BCUT2D eigenvalue weighted by atomic mass is 9.85. The van der Waals surface area contributed by atoms with Gasteiger partial charge in [-0.3, -0.25) is 34.0 Å². The maximum Gasteiger partial charge on any atom is 0.257 e. The Bertz CT molecular complexity index is 4850. The molecule has 0 radical (unpaired) electrons.